The molecule has 114 valence electrons. The maximum Gasteiger partial charge on any atom is 0.178 e. The lowest BCUT2D eigenvalue weighted by Crippen LogP contribution is -2.25. The van der Waals surface area contributed by atoms with Crippen LogP contribution in [-0.2, 0) is 9.84 Å². The molecule has 0 atom stereocenters. The van der Waals surface area contributed by atoms with Crippen molar-refractivity contribution in [2.24, 2.45) is 17.6 Å². The Bertz CT molecular complexity index is 528. The van der Waals surface area contributed by atoms with Crippen molar-refractivity contribution < 1.29 is 12.8 Å². The summed E-state index contributed by atoms with van der Waals surface area (Å²) in [4.78, 5) is 0.0912. The molecular formula is C14H21ClFNO2S. The second-order valence-corrected chi connectivity index (χ2v) is 7.40. The molecule has 1 aliphatic rings. The van der Waals surface area contributed by atoms with Gasteiger partial charge in [-0.2, -0.15) is 0 Å². The fraction of sp³-hybridized carbons (Fsp3) is 0.571. The van der Waals surface area contributed by atoms with E-state index >= 15 is 0 Å². The maximum absolute atomic E-state index is 13.1. The number of sulfone groups is 1. The van der Waals surface area contributed by atoms with Crippen molar-refractivity contribution >= 4 is 22.2 Å². The molecule has 0 heterocycles. The molecule has 2 N–H and O–H groups in total. The van der Waals surface area contributed by atoms with Gasteiger partial charge in [-0.15, -0.1) is 12.4 Å². The third-order valence-corrected chi connectivity index (χ3v) is 5.79. The first-order chi connectivity index (χ1) is 9.01. The fourth-order valence-electron chi connectivity index (χ4n) is 2.70. The smallest absolute Gasteiger partial charge is 0.178 e. The Morgan fingerprint density at radius 3 is 2.30 bits per heavy atom. The van der Waals surface area contributed by atoms with E-state index in [9.17, 15) is 12.8 Å². The van der Waals surface area contributed by atoms with Gasteiger partial charge in [0.05, 0.1) is 10.6 Å². The zero-order valence-electron chi connectivity index (χ0n) is 11.3. The summed E-state index contributed by atoms with van der Waals surface area (Å²) in [6, 6.07) is 5.25. The van der Waals surface area contributed by atoms with E-state index in [-0.39, 0.29) is 29.0 Å². The lowest BCUT2D eigenvalue weighted by Gasteiger charge is -2.27. The quantitative estimate of drug-likeness (QED) is 0.927. The highest BCUT2D eigenvalue weighted by Gasteiger charge is 2.26. The van der Waals surface area contributed by atoms with Crippen LogP contribution in [0.15, 0.2) is 29.2 Å². The van der Waals surface area contributed by atoms with Gasteiger partial charge in [-0.25, -0.2) is 12.8 Å². The first-order valence-electron chi connectivity index (χ1n) is 6.69. The highest BCUT2D eigenvalue weighted by molar-refractivity contribution is 7.91. The summed E-state index contributed by atoms with van der Waals surface area (Å²) in [6.07, 6.45) is 3.80. The number of halogens is 2. The van der Waals surface area contributed by atoms with E-state index in [1.165, 1.54) is 18.2 Å². The van der Waals surface area contributed by atoms with Crippen LogP contribution < -0.4 is 5.73 Å². The molecule has 0 aromatic heterocycles. The van der Waals surface area contributed by atoms with Gasteiger partial charge in [0.2, 0.25) is 0 Å². The van der Waals surface area contributed by atoms with Crippen LogP contribution in [0.5, 0.6) is 0 Å². The predicted molar refractivity (Wildman–Crippen MR) is 80.2 cm³/mol. The highest BCUT2D eigenvalue weighted by atomic mass is 35.5. The third kappa shape index (κ3) is 4.43. The van der Waals surface area contributed by atoms with Crippen LogP contribution in [0, 0.1) is 17.7 Å². The van der Waals surface area contributed by atoms with E-state index in [0.29, 0.717) is 12.5 Å². The Morgan fingerprint density at radius 1 is 1.15 bits per heavy atom. The summed E-state index contributed by atoms with van der Waals surface area (Å²) < 4.78 is 37.5. The van der Waals surface area contributed by atoms with Gasteiger partial charge < -0.3 is 5.73 Å². The largest absolute Gasteiger partial charge is 0.330 e. The summed E-state index contributed by atoms with van der Waals surface area (Å²) in [5.41, 5.74) is 5.62. The molecule has 1 aromatic carbocycles. The van der Waals surface area contributed by atoms with Gasteiger partial charge in [0.25, 0.3) is 0 Å². The topological polar surface area (TPSA) is 60.2 Å². The van der Waals surface area contributed by atoms with Crippen molar-refractivity contribution in [1.29, 1.82) is 0 Å². The highest BCUT2D eigenvalue weighted by Crippen LogP contribution is 2.30. The molecule has 0 saturated heterocycles. The van der Waals surface area contributed by atoms with Crippen LogP contribution >= 0.6 is 12.4 Å². The van der Waals surface area contributed by atoms with Gasteiger partial charge in [-0.05, 0) is 62.3 Å². The van der Waals surface area contributed by atoms with E-state index in [1.54, 1.807) is 0 Å². The minimum absolute atomic E-state index is 0. The van der Waals surface area contributed by atoms with Crippen LogP contribution in [0.2, 0.25) is 0 Å². The van der Waals surface area contributed by atoms with Crippen LogP contribution in [0.25, 0.3) is 0 Å². The Morgan fingerprint density at radius 2 is 1.75 bits per heavy atom. The molecule has 2 rings (SSSR count). The van der Waals surface area contributed by atoms with Crippen molar-refractivity contribution in [3.8, 4) is 0 Å². The first kappa shape index (κ1) is 17.4. The van der Waals surface area contributed by atoms with Gasteiger partial charge >= 0.3 is 0 Å². The van der Waals surface area contributed by atoms with Gasteiger partial charge in [-0.3, -0.25) is 0 Å². The number of benzene rings is 1. The molecule has 6 heteroatoms. The second kappa shape index (κ2) is 7.38. The number of hydrogen-bond acceptors (Lipinski definition) is 3. The molecule has 1 saturated carbocycles. The molecule has 3 nitrogen and oxygen atoms in total. The Labute approximate surface area is 126 Å². The number of nitrogens with two attached hydrogens (primary N) is 1. The average Bonchev–Trinajstić information content (AvgIpc) is 2.39. The molecule has 1 aromatic rings. The van der Waals surface area contributed by atoms with Crippen LogP contribution in [0.1, 0.15) is 25.7 Å². The van der Waals surface area contributed by atoms with Crippen molar-refractivity contribution in [2.75, 3.05) is 12.3 Å². The van der Waals surface area contributed by atoms with E-state index in [1.807, 2.05) is 0 Å². The second-order valence-electron chi connectivity index (χ2n) is 5.36. The molecule has 1 aliphatic carbocycles. The average molecular weight is 322 g/mol. The summed E-state index contributed by atoms with van der Waals surface area (Å²) in [6.45, 7) is 0.684. The van der Waals surface area contributed by atoms with Crippen molar-refractivity contribution in [3.05, 3.63) is 30.1 Å². The van der Waals surface area contributed by atoms with Crippen molar-refractivity contribution in [1.82, 2.24) is 0 Å². The van der Waals surface area contributed by atoms with Gasteiger partial charge in [-0.1, -0.05) is 6.07 Å². The van der Waals surface area contributed by atoms with Crippen LogP contribution in [-0.4, -0.2) is 20.7 Å². The minimum atomic E-state index is -3.38. The molecule has 0 aliphatic heterocycles. The lowest BCUT2D eigenvalue weighted by atomic mass is 9.83. The van der Waals surface area contributed by atoms with Crippen LogP contribution in [0.3, 0.4) is 0 Å². The van der Waals surface area contributed by atoms with Crippen molar-refractivity contribution in [2.45, 2.75) is 30.6 Å². The third-order valence-electron chi connectivity index (χ3n) is 3.91. The standard InChI is InChI=1S/C14H20FNO2S.ClH/c15-13-2-1-3-14(8-13)19(17,18)10-12-6-4-11(9-16)5-7-12;/h1-3,8,11-12H,4-7,9-10,16H2;1H. The number of hydrogen-bond donors (Lipinski definition) is 1. The number of rotatable bonds is 4. The van der Waals surface area contributed by atoms with Gasteiger partial charge in [0, 0.05) is 0 Å². The molecule has 0 spiro atoms. The molecule has 0 unspecified atom stereocenters. The molecule has 20 heavy (non-hydrogen) atoms. The molecular weight excluding hydrogens is 301 g/mol. The lowest BCUT2D eigenvalue weighted by molar-refractivity contribution is 0.297. The summed E-state index contributed by atoms with van der Waals surface area (Å²) in [5.74, 6) is 0.324. The summed E-state index contributed by atoms with van der Waals surface area (Å²) in [7, 11) is -3.38. The van der Waals surface area contributed by atoms with Gasteiger partial charge in [0.1, 0.15) is 5.82 Å². The SMILES string of the molecule is Cl.NCC1CCC(CS(=O)(=O)c2cccc(F)c2)CC1. The van der Waals surface area contributed by atoms with Crippen LogP contribution in [0.4, 0.5) is 4.39 Å². The van der Waals surface area contributed by atoms with E-state index in [4.69, 9.17) is 5.73 Å². The Kier molecular flexibility index (Phi) is 6.43. The van der Waals surface area contributed by atoms with Gasteiger partial charge in [0.15, 0.2) is 9.84 Å². The summed E-state index contributed by atoms with van der Waals surface area (Å²) >= 11 is 0. The first-order valence-corrected chi connectivity index (χ1v) is 8.35. The zero-order chi connectivity index (χ0) is 13.9. The normalized spacial score (nSPS) is 23.1. The maximum atomic E-state index is 13.1. The fourth-order valence-corrected chi connectivity index (χ4v) is 4.43. The molecule has 0 radical (unpaired) electrons. The van der Waals surface area contributed by atoms with Crippen molar-refractivity contribution in [3.63, 3.8) is 0 Å². The minimum Gasteiger partial charge on any atom is -0.330 e. The molecule has 0 amide bonds. The Hall–Kier alpha value is -0.650. The molecule has 0 bridgehead atoms. The summed E-state index contributed by atoms with van der Waals surface area (Å²) in [5, 5.41) is 0. The van der Waals surface area contributed by atoms with E-state index in [0.717, 1.165) is 31.7 Å². The zero-order valence-corrected chi connectivity index (χ0v) is 12.9. The monoisotopic (exact) mass is 321 g/mol. The van der Waals surface area contributed by atoms with E-state index < -0.39 is 15.7 Å². The predicted octanol–water partition coefficient (Wildman–Crippen LogP) is 2.79. The van der Waals surface area contributed by atoms with E-state index in [2.05, 4.69) is 0 Å². The molecule has 1 fully saturated rings. The Balaban J connectivity index is 0.00000200.